The van der Waals surface area contributed by atoms with Crippen LogP contribution in [0.15, 0.2) is 30.3 Å². The van der Waals surface area contributed by atoms with Gasteiger partial charge in [-0.1, -0.05) is 6.07 Å². The standard InChI is InChI=1S/C21H23F6N3/c1-12-5-14(6-13(2)29-12)19-4-3-18(7-15(19)9-28)30-10-16(20(22,23)24)8-17(11-30)21(25,26)27/h3-7,16-17H,8-11,28H2,1-2H3/t16-,17+. The van der Waals surface area contributed by atoms with Gasteiger partial charge in [-0.2, -0.15) is 26.3 Å². The van der Waals surface area contributed by atoms with E-state index < -0.39 is 43.7 Å². The molecular formula is C21H23F6N3. The summed E-state index contributed by atoms with van der Waals surface area (Å²) in [5.74, 6) is -4.08. The van der Waals surface area contributed by atoms with E-state index in [0.29, 0.717) is 11.3 Å². The summed E-state index contributed by atoms with van der Waals surface area (Å²) in [5, 5.41) is 0. The highest BCUT2D eigenvalue weighted by molar-refractivity contribution is 5.71. The number of alkyl halides is 6. The molecule has 1 aromatic carbocycles. The van der Waals surface area contributed by atoms with Gasteiger partial charge in [-0.15, -0.1) is 0 Å². The molecule has 2 N–H and O–H groups in total. The smallest absolute Gasteiger partial charge is 0.370 e. The lowest BCUT2D eigenvalue weighted by molar-refractivity contribution is -0.214. The first-order chi connectivity index (χ1) is 13.9. The minimum atomic E-state index is -4.69. The predicted molar refractivity (Wildman–Crippen MR) is 103 cm³/mol. The number of pyridine rings is 1. The van der Waals surface area contributed by atoms with Gasteiger partial charge in [-0.3, -0.25) is 4.98 Å². The molecule has 0 bridgehead atoms. The summed E-state index contributed by atoms with van der Waals surface area (Å²) in [7, 11) is 0. The van der Waals surface area contributed by atoms with Gasteiger partial charge in [0.2, 0.25) is 0 Å². The van der Waals surface area contributed by atoms with E-state index in [9.17, 15) is 26.3 Å². The van der Waals surface area contributed by atoms with E-state index in [-0.39, 0.29) is 6.54 Å². The Bertz CT molecular complexity index is 864. The molecule has 0 amide bonds. The fourth-order valence-electron chi connectivity index (χ4n) is 4.00. The zero-order valence-electron chi connectivity index (χ0n) is 16.6. The Morgan fingerprint density at radius 2 is 1.47 bits per heavy atom. The van der Waals surface area contributed by atoms with Crippen molar-refractivity contribution in [3.05, 3.63) is 47.3 Å². The van der Waals surface area contributed by atoms with Crippen molar-refractivity contribution in [3.63, 3.8) is 0 Å². The molecule has 3 rings (SSSR count). The SMILES string of the molecule is Cc1cc(-c2ccc(N3C[C@H](C(F)(F)F)C[C@H](C(F)(F)F)C3)cc2CN)cc(C)n1. The number of aromatic nitrogens is 1. The van der Waals surface area contributed by atoms with Crippen LogP contribution in [-0.4, -0.2) is 30.4 Å². The second-order valence-electron chi connectivity index (χ2n) is 7.80. The number of halogens is 6. The van der Waals surface area contributed by atoms with Crippen molar-refractivity contribution in [3.8, 4) is 11.1 Å². The van der Waals surface area contributed by atoms with Gasteiger partial charge in [0, 0.05) is 36.7 Å². The summed E-state index contributed by atoms with van der Waals surface area (Å²) in [6.07, 6.45) is -10.3. The Kier molecular flexibility index (Phi) is 6.04. The highest BCUT2D eigenvalue weighted by atomic mass is 19.4. The van der Waals surface area contributed by atoms with Crippen LogP contribution in [0.1, 0.15) is 23.4 Å². The molecule has 164 valence electrons. The maximum atomic E-state index is 13.3. The zero-order valence-corrected chi connectivity index (χ0v) is 16.6. The molecule has 9 heteroatoms. The normalized spacial score (nSPS) is 20.5. The van der Waals surface area contributed by atoms with Crippen LogP contribution in [0.25, 0.3) is 11.1 Å². The van der Waals surface area contributed by atoms with Crippen molar-refractivity contribution in [2.75, 3.05) is 18.0 Å². The Balaban J connectivity index is 1.98. The Morgan fingerprint density at radius 1 is 0.933 bits per heavy atom. The van der Waals surface area contributed by atoms with Crippen LogP contribution in [0.2, 0.25) is 0 Å². The molecule has 0 radical (unpaired) electrons. The third-order valence-corrected chi connectivity index (χ3v) is 5.44. The van der Waals surface area contributed by atoms with E-state index in [1.54, 1.807) is 18.2 Å². The summed E-state index contributed by atoms with van der Waals surface area (Å²) in [6, 6.07) is 8.58. The lowest BCUT2D eigenvalue weighted by Crippen LogP contribution is -2.49. The Morgan fingerprint density at radius 3 is 1.93 bits per heavy atom. The summed E-state index contributed by atoms with van der Waals surface area (Å²) < 4.78 is 79.7. The predicted octanol–water partition coefficient (Wildman–Crippen LogP) is 5.39. The molecule has 1 saturated heterocycles. The van der Waals surface area contributed by atoms with Gasteiger partial charge in [0.15, 0.2) is 0 Å². The molecule has 1 aromatic heterocycles. The Hall–Kier alpha value is -2.29. The average Bonchev–Trinajstić information content (AvgIpc) is 2.65. The number of nitrogens with zero attached hydrogens (tertiary/aromatic N) is 2. The number of rotatable bonds is 3. The highest BCUT2D eigenvalue weighted by Gasteiger charge is 2.51. The molecule has 2 heterocycles. The van der Waals surface area contributed by atoms with Gasteiger partial charge in [0.05, 0.1) is 11.8 Å². The van der Waals surface area contributed by atoms with E-state index in [2.05, 4.69) is 4.98 Å². The molecule has 1 aliphatic heterocycles. The lowest BCUT2D eigenvalue weighted by atomic mass is 9.87. The minimum absolute atomic E-state index is 0.100. The number of hydrogen-bond donors (Lipinski definition) is 1. The highest BCUT2D eigenvalue weighted by Crippen LogP contribution is 2.43. The lowest BCUT2D eigenvalue weighted by Gasteiger charge is -2.40. The molecule has 0 unspecified atom stereocenters. The molecule has 3 nitrogen and oxygen atoms in total. The van der Waals surface area contributed by atoms with Gasteiger partial charge in [-0.25, -0.2) is 0 Å². The van der Waals surface area contributed by atoms with E-state index in [1.807, 2.05) is 26.0 Å². The number of benzene rings is 1. The van der Waals surface area contributed by atoms with Crippen molar-refractivity contribution in [2.45, 2.75) is 39.2 Å². The first-order valence-electron chi connectivity index (χ1n) is 9.55. The van der Waals surface area contributed by atoms with Crippen LogP contribution in [0.4, 0.5) is 32.0 Å². The van der Waals surface area contributed by atoms with Crippen LogP contribution >= 0.6 is 0 Å². The van der Waals surface area contributed by atoms with Gasteiger partial charge < -0.3 is 10.6 Å². The van der Waals surface area contributed by atoms with Gasteiger partial charge >= 0.3 is 12.4 Å². The Labute approximate surface area is 170 Å². The number of nitrogens with two attached hydrogens (primary N) is 1. The van der Waals surface area contributed by atoms with E-state index in [4.69, 9.17) is 5.73 Å². The van der Waals surface area contributed by atoms with Crippen molar-refractivity contribution in [1.29, 1.82) is 0 Å². The van der Waals surface area contributed by atoms with Crippen molar-refractivity contribution in [1.82, 2.24) is 4.98 Å². The van der Waals surface area contributed by atoms with Crippen LogP contribution in [0.3, 0.4) is 0 Å². The van der Waals surface area contributed by atoms with Crippen molar-refractivity contribution in [2.24, 2.45) is 17.6 Å². The van der Waals surface area contributed by atoms with Crippen LogP contribution in [0, 0.1) is 25.7 Å². The summed E-state index contributed by atoms with van der Waals surface area (Å²) in [5.41, 5.74) is 10.1. The average molecular weight is 431 g/mol. The zero-order chi connectivity index (χ0) is 22.3. The van der Waals surface area contributed by atoms with Crippen molar-refractivity contribution < 1.29 is 26.3 Å². The first kappa shape index (κ1) is 22.4. The largest absolute Gasteiger partial charge is 0.393 e. The van der Waals surface area contributed by atoms with E-state index >= 15 is 0 Å². The molecule has 1 fully saturated rings. The summed E-state index contributed by atoms with van der Waals surface area (Å²) >= 11 is 0. The molecular weight excluding hydrogens is 408 g/mol. The summed E-state index contributed by atoms with van der Waals surface area (Å²) in [4.78, 5) is 5.49. The fraction of sp³-hybridized carbons (Fsp3) is 0.476. The first-order valence-corrected chi connectivity index (χ1v) is 9.55. The molecule has 0 aliphatic carbocycles. The second-order valence-corrected chi connectivity index (χ2v) is 7.80. The quantitative estimate of drug-likeness (QED) is 0.663. The topological polar surface area (TPSA) is 42.1 Å². The maximum Gasteiger partial charge on any atom is 0.393 e. The van der Waals surface area contributed by atoms with Crippen LogP contribution in [0.5, 0.6) is 0 Å². The number of piperidine rings is 1. The number of aryl methyl sites for hydroxylation is 2. The summed E-state index contributed by atoms with van der Waals surface area (Å²) in [6.45, 7) is 2.77. The van der Waals surface area contributed by atoms with Gasteiger partial charge in [0.25, 0.3) is 0 Å². The fourth-order valence-corrected chi connectivity index (χ4v) is 4.00. The number of anilines is 1. The van der Waals surface area contributed by atoms with Crippen LogP contribution < -0.4 is 10.6 Å². The van der Waals surface area contributed by atoms with Crippen LogP contribution in [-0.2, 0) is 6.54 Å². The molecule has 1 aliphatic rings. The second kappa shape index (κ2) is 8.09. The third kappa shape index (κ3) is 4.88. The minimum Gasteiger partial charge on any atom is -0.370 e. The molecule has 30 heavy (non-hydrogen) atoms. The molecule has 0 spiro atoms. The molecule has 2 aromatic rings. The van der Waals surface area contributed by atoms with E-state index in [0.717, 1.165) is 22.5 Å². The monoisotopic (exact) mass is 431 g/mol. The molecule has 2 atom stereocenters. The third-order valence-electron chi connectivity index (χ3n) is 5.44. The van der Waals surface area contributed by atoms with Gasteiger partial charge in [0.1, 0.15) is 0 Å². The maximum absolute atomic E-state index is 13.3. The van der Waals surface area contributed by atoms with E-state index in [1.165, 1.54) is 4.90 Å². The van der Waals surface area contributed by atoms with Crippen molar-refractivity contribution >= 4 is 5.69 Å². The van der Waals surface area contributed by atoms with Gasteiger partial charge in [-0.05, 0) is 61.2 Å². The molecule has 0 saturated carbocycles. The number of hydrogen-bond acceptors (Lipinski definition) is 3.